The zero-order chi connectivity index (χ0) is 20.5. The molecule has 0 amide bonds. The molecule has 5 heteroatoms. The minimum Gasteiger partial charge on any atom is -0.464 e. The Hall–Kier alpha value is -2.82. The van der Waals surface area contributed by atoms with Crippen LogP contribution in [-0.2, 0) is 19.1 Å². The molecule has 0 atom stereocenters. The molecule has 2 aromatic carbocycles. The summed E-state index contributed by atoms with van der Waals surface area (Å²) in [4.78, 5) is 27.5. The fourth-order valence-electron chi connectivity index (χ4n) is 2.80. The minimum absolute atomic E-state index is 0.256. The summed E-state index contributed by atoms with van der Waals surface area (Å²) in [6, 6.07) is 14.2. The molecular formula is C23H29NO4. The Morgan fingerprint density at radius 3 is 1.89 bits per heavy atom. The van der Waals surface area contributed by atoms with E-state index in [-0.39, 0.29) is 13.2 Å². The number of ether oxygens (including phenoxy) is 2. The van der Waals surface area contributed by atoms with E-state index < -0.39 is 18.0 Å². The molecule has 0 unspecified atom stereocenters. The molecule has 150 valence electrons. The summed E-state index contributed by atoms with van der Waals surface area (Å²) < 4.78 is 10.7. The Labute approximate surface area is 167 Å². The molecule has 0 saturated heterocycles. The van der Waals surface area contributed by atoms with Gasteiger partial charge in [-0.15, -0.1) is 0 Å². The van der Waals surface area contributed by atoms with Gasteiger partial charge in [-0.3, -0.25) is 0 Å². The van der Waals surface area contributed by atoms with Crippen LogP contribution >= 0.6 is 0 Å². The Balaban J connectivity index is 2.54. The molecule has 0 radical (unpaired) electrons. The molecule has 0 aliphatic carbocycles. The highest BCUT2D eigenvalue weighted by Crippen LogP contribution is 2.30. The first-order chi connectivity index (χ1) is 13.5. The predicted molar refractivity (Wildman–Crippen MR) is 111 cm³/mol. The average Bonchev–Trinajstić information content (AvgIpc) is 2.69. The lowest BCUT2D eigenvalue weighted by atomic mass is 10.1. The van der Waals surface area contributed by atoms with Crippen molar-refractivity contribution in [3.05, 3.63) is 59.7 Å². The molecule has 0 bridgehead atoms. The maximum atomic E-state index is 12.9. The van der Waals surface area contributed by atoms with Crippen molar-refractivity contribution in [3.8, 4) is 0 Å². The highest BCUT2D eigenvalue weighted by atomic mass is 16.6. The van der Waals surface area contributed by atoms with E-state index in [0.29, 0.717) is 12.8 Å². The number of rotatable bonds is 9. The lowest BCUT2D eigenvalue weighted by molar-refractivity contribution is -0.156. The van der Waals surface area contributed by atoms with E-state index in [2.05, 4.69) is 0 Å². The fourth-order valence-corrected chi connectivity index (χ4v) is 2.80. The molecule has 28 heavy (non-hydrogen) atoms. The molecule has 2 rings (SSSR count). The van der Waals surface area contributed by atoms with E-state index in [1.807, 2.05) is 76.2 Å². The van der Waals surface area contributed by atoms with Crippen LogP contribution in [0.3, 0.4) is 0 Å². The largest absolute Gasteiger partial charge is 0.464 e. The Bertz CT molecular complexity index is 765. The van der Waals surface area contributed by atoms with Gasteiger partial charge in [-0.2, -0.15) is 0 Å². The predicted octanol–water partition coefficient (Wildman–Crippen LogP) is 4.72. The van der Waals surface area contributed by atoms with Crippen LogP contribution in [0.5, 0.6) is 0 Å². The fraction of sp³-hybridized carbons (Fsp3) is 0.391. The molecule has 0 aromatic heterocycles. The number of benzene rings is 2. The molecule has 0 saturated carbocycles. The van der Waals surface area contributed by atoms with Gasteiger partial charge in [0.15, 0.2) is 0 Å². The minimum atomic E-state index is -1.21. The third kappa shape index (κ3) is 5.59. The first-order valence-corrected chi connectivity index (χ1v) is 9.73. The third-order valence-corrected chi connectivity index (χ3v) is 4.19. The summed E-state index contributed by atoms with van der Waals surface area (Å²) in [5.41, 5.74) is 3.57. The van der Waals surface area contributed by atoms with Crippen molar-refractivity contribution in [1.82, 2.24) is 0 Å². The van der Waals surface area contributed by atoms with Gasteiger partial charge < -0.3 is 14.4 Å². The highest BCUT2D eigenvalue weighted by Gasteiger charge is 2.37. The SMILES string of the molecule is CCCOC(=O)C(C(=O)OCCC)N(c1ccc(C)cc1)c1cccc(C)c1. The van der Waals surface area contributed by atoms with E-state index in [4.69, 9.17) is 9.47 Å². The van der Waals surface area contributed by atoms with Crippen LogP contribution in [0.4, 0.5) is 11.4 Å². The van der Waals surface area contributed by atoms with Crippen LogP contribution in [0, 0.1) is 13.8 Å². The van der Waals surface area contributed by atoms with Gasteiger partial charge in [0.1, 0.15) is 0 Å². The van der Waals surface area contributed by atoms with E-state index in [1.54, 1.807) is 4.90 Å². The number of hydrogen-bond acceptors (Lipinski definition) is 5. The zero-order valence-electron chi connectivity index (χ0n) is 17.1. The van der Waals surface area contributed by atoms with Gasteiger partial charge in [-0.05, 0) is 56.5 Å². The van der Waals surface area contributed by atoms with Crippen LogP contribution in [0.1, 0.15) is 37.8 Å². The van der Waals surface area contributed by atoms with Crippen molar-refractivity contribution in [2.75, 3.05) is 18.1 Å². The van der Waals surface area contributed by atoms with Crippen LogP contribution in [-0.4, -0.2) is 31.2 Å². The summed E-state index contributed by atoms with van der Waals surface area (Å²) in [5, 5.41) is 0. The van der Waals surface area contributed by atoms with Crippen LogP contribution in [0.15, 0.2) is 48.5 Å². The van der Waals surface area contributed by atoms with Gasteiger partial charge in [0.25, 0.3) is 0 Å². The van der Waals surface area contributed by atoms with Crippen molar-refractivity contribution in [3.63, 3.8) is 0 Å². The lowest BCUT2D eigenvalue weighted by Crippen LogP contribution is -2.46. The summed E-state index contributed by atoms with van der Waals surface area (Å²) in [6.45, 7) is 8.30. The van der Waals surface area contributed by atoms with Crippen molar-refractivity contribution in [1.29, 1.82) is 0 Å². The van der Waals surface area contributed by atoms with E-state index in [0.717, 1.165) is 22.5 Å². The van der Waals surface area contributed by atoms with Crippen LogP contribution in [0.25, 0.3) is 0 Å². The molecule has 0 aliphatic rings. The van der Waals surface area contributed by atoms with Gasteiger partial charge in [-0.1, -0.05) is 43.7 Å². The quantitative estimate of drug-likeness (QED) is 0.463. The molecule has 0 N–H and O–H groups in total. The average molecular weight is 383 g/mol. The van der Waals surface area contributed by atoms with Gasteiger partial charge in [0.05, 0.1) is 13.2 Å². The van der Waals surface area contributed by atoms with Gasteiger partial charge >= 0.3 is 11.9 Å². The first kappa shape index (κ1) is 21.5. The summed E-state index contributed by atoms with van der Waals surface area (Å²) in [7, 11) is 0. The summed E-state index contributed by atoms with van der Waals surface area (Å²) >= 11 is 0. The molecule has 0 aliphatic heterocycles. The van der Waals surface area contributed by atoms with Gasteiger partial charge in [0, 0.05) is 11.4 Å². The first-order valence-electron chi connectivity index (χ1n) is 9.73. The second-order valence-corrected chi connectivity index (χ2v) is 6.78. The van der Waals surface area contributed by atoms with E-state index in [9.17, 15) is 9.59 Å². The molecule has 0 heterocycles. The zero-order valence-corrected chi connectivity index (χ0v) is 17.1. The topological polar surface area (TPSA) is 55.8 Å². The molecule has 2 aromatic rings. The Morgan fingerprint density at radius 1 is 0.821 bits per heavy atom. The number of nitrogens with zero attached hydrogens (tertiary/aromatic N) is 1. The van der Waals surface area contributed by atoms with Crippen molar-refractivity contribution < 1.29 is 19.1 Å². The second kappa shape index (κ2) is 10.5. The molecule has 0 fully saturated rings. The Kier molecular flexibility index (Phi) is 8.05. The highest BCUT2D eigenvalue weighted by molar-refractivity contribution is 6.04. The second-order valence-electron chi connectivity index (χ2n) is 6.78. The maximum Gasteiger partial charge on any atom is 0.340 e. The molecule has 0 spiro atoms. The van der Waals surface area contributed by atoms with Crippen molar-refractivity contribution >= 4 is 23.3 Å². The number of aryl methyl sites for hydroxylation is 2. The van der Waals surface area contributed by atoms with Crippen LogP contribution in [0.2, 0.25) is 0 Å². The molecular weight excluding hydrogens is 354 g/mol. The Morgan fingerprint density at radius 2 is 1.39 bits per heavy atom. The number of carbonyl (C=O) groups is 2. The molecule has 5 nitrogen and oxygen atoms in total. The maximum absolute atomic E-state index is 12.9. The number of esters is 2. The third-order valence-electron chi connectivity index (χ3n) is 4.19. The van der Waals surface area contributed by atoms with Crippen LogP contribution < -0.4 is 4.90 Å². The lowest BCUT2D eigenvalue weighted by Gasteiger charge is -2.31. The monoisotopic (exact) mass is 383 g/mol. The normalized spacial score (nSPS) is 10.6. The van der Waals surface area contributed by atoms with E-state index in [1.165, 1.54) is 0 Å². The standard InChI is InChI=1S/C23H29NO4/c1-5-14-27-22(25)21(23(26)28-15-6-2)24(19-12-10-17(3)11-13-19)20-9-7-8-18(4)16-20/h7-13,16,21H,5-6,14-15H2,1-4H3. The number of anilines is 2. The van der Waals surface area contributed by atoms with Crippen molar-refractivity contribution in [2.24, 2.45) is 0 Å². The summed E-state index contributed by atoms with van der Waals surface area (Å²) in [6.07, 6.45) is 1.36. The van der Waals surface area contributed by atoms with Gasteiger partial charge in [0.2, 0.25) is 6.04 Å². The smallest absolute Gasteiger partial charge is 0.340 e. The summed E-state index contributed by atoms with van der Waals surface area (Å²) in [5.74, 6) is -1.21. The van der Waals surface area contributed by atoms with Gasteiger partial charge in [-0.25, -0.2) is 9.59 Å². The number of hydrogen-bond donors (Lipinski definition) is 0. The van der Waals surface area contributed by atoms with E-state index >= 15 is 0 Å². The van der Waals surface area contributed by atoms with Crippen molar-refractivity contribution in [2.45, 2.75) is 46.6 Å². The number of carbonyl (C=O) groups excluding carboxylic acids is 2.